The number of carbonyl (C=O) groups excluding carboxylic acids is 2. The van der Waals surface area contributed by atoms with Crippen molar-refractivity contribution in [3.8, 4) is 0 Å². The summed E-state index contributed by atoms with van der Waals surface area (Å²) in [7, 11) is -2.43. The van der Waals surface area contributed by atoms with Crippen LogP contribution in [0.3, 0.4) is 0 Å². The Morgan fingerprint density at radius 3 is 2.52 bits per heavy atom. The zero-order valence-corrected chi connectivity index (χ0v) is 18.9. The molecule has 0 aliphatic carbocycles. The summed E-state index contributed by atoms with van der Waals surface area (Å²) >= 11 is 0. The van der Waals surface area contributed by atoms with Gasteiger partial charge in [-0.05, 0) is 25.2 Å². The predicted molar refractivity (Wildman–Crippen MR) is 109 cm³/mol. The maximum absolute atomic E-state index is 12.4. The normalized spacial score (nSPS) is 25.5. The zero-order chi connectivity index (χ0) is 23.4. The van der Waals surface area contributed by atoms with Gasteiger partial charge in [-0.2, -0.15) is 0 Å². The van der Waals surface area contributed by atoms with Crippen LogP contribution in [0.15, 0.2) is 27.0 Å². The first-order chi connectivity index (χ1) is 14.4. The van der Waals surface area contributed by atoms with Crippen LogP contribution < -0.4 is 11.2 Å². The van der Waals surface area contributed by atoms with Crippen molar-refractivity contribution in [2.75, 3.05) is 13.2 Å². The standard InChI is InChI=1S/C17H25N5O8Si/c1-10(23)27-8-12-17(9-19-21-18,30-31(3,4)5)14(28-11(2)24)15(29-12)22-7-6-13(25)20-16(22)26/h6-7,12,14-15H,8-9H2,1-5H3,(H,20,25,26)/t12-,14+,15+,17+/m1/s1. The topological polar surface area (TPSA) is 175 Å². The Hall–Kier alpha value is -2.93. The summed E-state index contributed by atoms with van der Waals surface area (Å²) < 4.78 is 24.0. The van der Waals surface area contributed by atoms with Crippen LogP contribution in [-0.2, 0) is 28.2 Å². The van der Waals surface area contributed by atoms with Crippen LogP contribution in [0, 0.1) is 0 Å². The molecule has 0 unspecified atom stereocenters. The molecule has 0 saturated carbocycles. The van der Waals surface area contributed by atoms with Crippen molar-refractivity contribution in [3.63, 3.8) is 0 Å². The fourth-order valence-electron chi connectivity index (χ4n) is 3.39. The van der Waals surface area contributed by atoms with Gasteiger partial charge >= 0.3 is 17.6 Å². The number of esters is 2. The number of hydrogen-bond acceptors (Lipinski definition) is 9. The van der Waals surface area contributed by atoms with E-state index >= 15 is 0 Å². The van der Waals surface area contributed by atoms with Crippen molar-refractivity contribution in [2.45, 2.75) is 57.5 Å². The number of aromatic nitrogens is 2. The Morgan fingerprint density at radius 2 is 2.00 bits per heavy atom. The van der Waals surface area contributed by atoms with Crippen molar-refractivity contribution in [1.82, 2.24) is 9.55 Å². The summed E-state index contributed by atoms with van der Waals surface area (Å²) in [5.41, 5.74) is 5.96. The van der Waals surface area contributed by atoms with Gasteiger partial charge < -0.3 is 18.6 Å². The lowest BCUT2D eigenvalue weighted by atomic mass is 9.92. The second-order valence-electron chi connectivity index (χ2n) is 7.92. The summed E-state index contributed by atoms with van der Waals surface area (Å²) in [4.78, 5) is 52.2. The second kappa shape index (κ2) is 9.47. The van der Waals surface area contributed by atoms with E-state index in [2.05, 4.69) is 15.0 Å². The number of carbonyl (C=O) groups is 2. The van der Waals surface area contributed by atoms with E-state index in [1.165, 1.54) is 20.0 Å². The first kappa shape index (κ1) is 24.3. The molecule has 4 atom stereocenters. The Balaban J connectivity index is 2.70. The lowest BCUT2D eigenvalue weighted by Crippen LogP contribution is -2.59. The fourth-order valence-corrected chi connectivity index (χ4v) is 4.84. The molecule has 0 spiro atoms. The van der Waals surface area contributed by atoms with E-state index in [1.807, 2.05) is 19.6 Å². The van der Waals surface area contributed by atoms with E-state index in [1.54, 1.807) is 0 Å². The number of aromatic amines is 1. The Kier molecular flexibility index (Phi) is 7.44. The van der Waals surface area contributed by atoms with Gasteiger partial charge in [0.15, 0.2) is 20.6 Å². The van der Waals surface area contributed by atoms with Gasteiger partial charge in [-0.15, -0.1) is 0 Å². The molecule has 1 saturated heterocycles. The van der Waals surface area contributed by atoms with Gasteiger partial charge in [0.1, 0.15) is 18.3 Å². The molecular formula is C17H25N5O8Si. The summed E-state index contributed by atoms with van der Waals surface area (Å²) in [6.07, 6.45) is -2.38. The number of H-pyrrole nitrogens is 1. The minimum atomic E-state index is -2.43. The van der Waals surface area contributed by atoms with Crippen molar-refractivity contribution < 1.29 is 28.2 Å². The van der Waals surface area contributed by atoms with E-state index < -0.39 is 55.5 Å². The van der Waals surface area contributed by atoms with Crippen LogP contribution in [0.2, 0.25) is 19.6 Å². The molecule has 2 rings (SSSR count). The van der Waals surface area contributed by atoms with E-state index in [-0.39, 0.29) is 13.2 Å². The van der Waals surface area contributed by atoms with Crippen LogP contribution in [0.5, 0.6) is 0 Å². The third kappa shape index (κ3) is 5.82. The molecule has 1 aliphatic heterocycles. The van der Waals surface area contributed by atoms with E-state index in [0.717, 1.165) is 10.6 Å². The van der Waals surface area contributed by atoms with Crippen LogP contribution >= 0.6 is 0 Å². The van der Waals surface area contributed by atoms with Crippen molar-refractivity contribution in [1.29, 1.82) is 0 Å². The monoisotopic (exact) mass is 455 g/mol. The largest absolute Gasteiger partial charge is 0.463 e. The van der Waals surface area contributed by atoms with E-state index in [9.17, 15) is 19.2 Å². The Labute approximate surface area is 178 Å². The molecule has 1 aliphatic rings. The fraction of sp³-hybridized carbons (Fsp3) is 0.647. The third-order valence-electron chi connectivity index (χ3n) is 4.32. The SMILES string of the molecule is CC(=O)OC[C@H]1O[C@H](n2ccc(=O)[nH]c2=O)[C@H](OC(C)=O)[C@@]1(CN=[N+]=[N-])O[Si](C)(C)C. The number of hydrogen-bond donors (Lipinski definition) is 1. The van der Waals surface area contributed by atoms with Gasteiger partial charge in [-0.1, -0.05) is 5.11 Å². The minimum absolute atomic E-state index is 0.312. The lowest BCUT2D eigenvalue weighted by Gasteiger charge is -2.41. The Bertz CT molecular complexity index is 995. The summed E-state index contributed by atoms with van der Waals surface area (Å²) in [6, 6.07) is 1.10. The molecule has 0 aromatic carbocycles. The van der Waals surface area contributed by atoms with Gasteiger partial charge in [0.05, 0.1) is 6.54 Å². The summed E-state index contributed by atoms with van der Waals surface area (Å²) in [5.74, 6) is -1.29. The van der Waals surface area contributed by atoms with E-state index in [4.69, 9.17) is 24.2 Å². The van der Waals surface area contributed by atoms with Crippen molar-refractivity contribution in [2.24, 2.45) is 5.11 Å². The maximum atomic E-state index is 12.4. The predicted octanol–water partition coefficient (Wildman–Crippen LogP) is 0.829. The lowest BCUT2D eigenvalue weighted by molar-refractivity contribution is -0.162. The average molecular weight is 456 g/mol. The Morgan fingerprint density at radius 1 is 1.32 bits per heavy atom. The van der Waals surface area contributed by atoms with E-state index in [0.29, 0.717) is 0 Å². The quantitative estimate of drug-likeness (QED) is 0.197. The summed E-state index contributed by atoms with van der Waals surface area (Å²) in [6.45, 7) is 7.31. The molecule has 170 valence electrons. The molecule has 0 bridgehead atoms. The highest BCUT2D eigenvalue weighted by Gasteiger charge is 2.61. The maximum Gasteiger partial charge on any atom is 0.330 e. The number of nitrogens with one attached hydrogen (secondary N) is 1. The number of rotatable bonds is 8. The molecule has 31 heavy (non-hydrogen) atoms. The van der Waals surface area contributed by atoms with Gasteiger partial charge in [0, 0.05) is 31.0 Å². The molecule has 0 amide bonds. The van der Waals surface area contributed by atoms with Crippen LogP contribution in [0.25, 0.3) is 10.4 Å². The molecular weight excluding hydrogens is 430 g/mol. The molecule has 1 aromatic heterocycles. The first-order valence-corrected chi connectivity index (χ1v) is 12.8. The highest BCUT2D eigenvalue weighted by molar-refractivity contribution is 6.69. The zero-order valence-electron chi connectivity index (χ0n) is 17.9. The second-order valence-corrected chi connectivity index (χ2v) is 12.4. The van der Waals surface area contributed by atoms with Crippen LogP contribution in [-0.4, -0.2) is 60.8 Å². The molecule has 13 nitrogen and oxygen atoms in total. The number of azide groups is 1. The van der Waals surface area contributed by atoms with Gasteiger partial charge in [0.25, 0.3) is 5.56 Å². The highest BCUT2D eigenvalue weighted by atomic mass is 28.4. The first-order valence-electron chi connectivity index (χ1n) is 9.38. The molecule has 0 radical (unpaired) electrons. The van der Waals surface area contributed by atoms with Crippen molar-refractivity contribution >= 4 is 20.3 Å². The number of ether oxygens (including phenoxy) is 3. The molecule has 1 fully saturated rings. The molecule has 1 N–H and O–H groups in total. The smallest absolute Gasteiger partial charge is 0.330 e. The number of nitrogens with zero attached hydrogens (tertiary/aromatic N) is 4. The third-order valence-corrected chi connectivity index (χ3v) is 5.32. The molecule has 2 heterocycles. The highest BCUT2D eigenvalue weighted by Crippen LogP contribution is 2.43. The van der Waals surface area contributed by atoms with Crippen LogP contribution in [0.4, 0.5) is 0 Å². The van der Waals surface area contributed by atoms with Gasteiger partial charge in [-0.25, -0.2) is 4.79 Å². The average Bonchev–Trinajstić information content (AvgIpc) is 2.90. The van der Waals surface area contributed by atoms with Crippen molar-refractivity contribution in [3.05, 3.63) is 43.5 Å². The summed E-state index contributed by atoms with van der Waals surface area (Å²) in [5, 5.41) is 3.63. The van der Waals surface area contributed by atoms with Crippen LogP contribution in [0.1, 0.15) is 20.1 Å². The molecule has 14 heteroatoms. The van der Waals surface area contributed by atoms with Gasteiger partial charge in [-0.3, -0.25) is 23.9 Å². The van der Waals surface area contributed by atoms with Gasteiger partial charge in [0.2, 0.25) is 0 Å². The molecule has 1 aromatic rings. The minimum Gasteiger partial charge on any atom is -0.463 e.